The number of hydrogen-bond donors (Lipinski definition) is 2. The summed E-state index contributed by atoms with van der Waals surface area (Å²) >= 11 is 0. The van der Waals surface area contributed by atoms with Gasteiger partial charge in [0.05, 0.1) is 0 Å². The molecule has 0 unspecified atom stereocenters. The van der Waals surface area contributed by atoms with Crippen LogP contribution < -0.4 is 9.44 Å². The van der Waals surface area contributed by atoms with Gasteiger partial charge < -0.3 is 0 Å². The second-order valence-electron chi connectivity index (χ2n) is 4.41. The molecular weight excluding hydrogens is 236 g/mol. The quantitative estimate of drug-likeness (QED) is 0.807. The predicted molar refractivity (Wildman–Crippen MR) is 70.1 cm³/mol. The Kier molecular flexibility index (Phi) is 5.11. The molecule has 0 spiro atoms. The zero-order chi connectivity index (χ0) is 12.9. The van der Waals surface area contributed by atoms with Crippen LogP contribution in [0.4, 0.5) is 0 Å². The van der Waals surface area contributed by atoms with Gasteiger partial charge in [0.2, 0.25) is 0 Å². The molecule has 0 bridgehead atoms. The van der Waals surface area contributed by atoms with Gasteiger partial charge in [0, 0.05) is 12.6 Å². The van der Waals surface area contributed by atoms with Crippen molar-refractivity contribution < 1.29 is 8.42 Å². The first-order chi connectivity index (χ1) is 7.89. The number of hydrogen-bond acceptors (Lipinski definition) is 2. The molecule has 96 valence electrons. The van der Waals surface area contributed by atoms with Crippen molar-refractivity contribution in [2.75, 3.05) is 6.54 Å². The Bertz CT molecular complexity index is 455. The van der Waals surface area contributed by atoms with E-state index in [0.29, 0.717) is 13.0 Å². The highest BCUT2D eigenvalue weighted by atomic mass is 32.2. The SMILES string of the molecule is Cc1cccc(CCNS(=O)(=O)NC(C)C)c1. The lowest BCUT2D eigenvalue weighted by Gasteiger charge is -2.10. The highest BCUT2D eigenvalue weighted by Crippen LogP contribution is 2.03. The zero-order valence-corrected chi connectivity index (χ0v) is 11.3. The lowest BCUT2D eigenvalue weighted by Crippen LogP contribution is -2.41. The Morgan fingerprint density at radius 1 is 1.29 bits per heavy atom. The van der Waals surface area contributed by atoms with Gasteiger partial charge in [-0.2, -0.15) is 13.1 Å². The molecule has 0 heterocycles. The van der Waals surface area contributed by atoms with E-state index < -0.39 is 10.2 Å². The number of benzene rings is 1. The van der Waals surface area contributed by atoms with E-state index in [0.717, 1.165) is 5.56 Å². The van der Waals surface area contributed by atoms with Crippen LogP contribution in [-0.4, -0.2) is 21.0 Å². The van der Waals surface area contributed by atoms with Crippen LogP contribution in [0.15, 0.2) is 24.3 Å². The largest absolute Gasteiger partial charge is 0.277 e. The number of nitrogens with one attached hydrogen (secondary N) is 2. The minimum absolute atomic E-state index is 0.0912. The maximum Gasteiger partial charge on any atom is 0.277 e. The van der Waals surface area contributed by atoms with Crippen LogP contribution in [0.3, 0.4) is 0 Å². The Morgan fingerprint density at radius 2 is 2.00 bits per heavy atom. The predicted octanol–water partition coefficient (Wildman–Crippen LogP) is 1.37. The van der Waals surface area contributed by atoms with Crippen molar-refractivity contribution in [1.29, 1.82) is 0 Å². The zero-order valence-electron chi connectivity index (χ0n) is 10.5. The first-order valence-electron chi connectivity index (χ1n) is 5.71. The molecule has 0 aromatic heterocycles. The first kappa shape index (κ1) is 14.2. The van der Waals surface area contributed by atoms with Crippen LogP contribution >= 0.6 is 0 Å². The molecule has 0 aliphatic rings. The summed E-state index contributed by atoms with van der Waals surface area (Å²) in [7, 11) is -3.36. The Balaban J connectivity index is 2.43. The molecule has 0 saturated heterocycles. The minimum Gasteiger partial charge on any atom is -0.202 e. The molecule has 0 fully saturated rings. The van der Waals surface area contributed by atoms with E-state index in [1.807, 2.05) is 25.1 Å². The molecule has 0 amide bonds. The number of aryl methyl sites for hydroxylation is 1. The van der Waals surface area contributed by atoms with Crippen LogP contribution in [0.5, 0.6) is 0 Å². The van der Waals surface area contributed by atoms with Crippen LogP contribution in [0.25, 0.3) is 0 Å². The van der Waals surface area contributed by atoms with Crippen LogP contribution in [-0.2, 0) is 16.6 Å². The van der Waals surface area contributed by atoms with Gasteiger partial charge in [-0.1, -0.05) is 29.8 Å². The van der Waals surface area contributed by atoms with Gasteiger partial charge in [-0.05, 0) is 32.8 Å². The van der Waals surface area contributed by atoms with Crippen molar-refractivity contribution in [2.45, 2.75) is 33.2 Å². The summed E-state index contributed by atoms with van der Waals surface area (Å²) in [5.41, 5.74) is 2.32. The van der Waals surface area contributed by atoms with Gasteiger partial charge in [0.1, 0.15) is 0 Å². The Hall–Kier alpha value is -0.910. The summed E-state index contributed by atoms with van der Waals surface area (Å²) in [4.78, 5) is 0. The van der Waals surface area contributed by atoms with Crippen molar-refractivity contribution in [2.24, 2.45) is 0 Å². The van der Waals surface area contributed by atoms with Crippen molar-refractivity contribution in [3.05, 3.63) is 35.4 Å². The lowest BCUT2D eigenvalue weighted by atomic mass is 10.1. The van der Waals surface area contributed by atoms with E-state index >= 15 is 0 Å². The molecule has 1 aromatic rings. The highest BCUT2D eigenvalue weighted by molar-refractivity contribution is 7.87. The molecule has 0 aliphatic heterocycles. The second-order valence-corrected chi connectivity index (χ2v) is 5.94. The van der Waals surface area contributed by atoms with Crippen LogP contribution in [0.2, 0.25) is 0 Å². The molecular formula is C12H20N2O2S. The van der Waals surface area contributed by atoms with Gasteiger partial charge >= 0.3 is 0 Å². The maximum atomic E-state index is 11.5. The van der Waals surface area contributed by atoms with Gasteiger partial charge in [0.25, 0.3) is 10.2 Å². The average Bonchev–Trinajstić information content (AvgIpc) is 2.15. The topological polar surface area (TPSA) is 58.2 Å². The molecule has 5 heteroatoms. The van der Waals surface area contributed by atoms with E-state index in [4.69, 9.17) is 0 Å². The third-order valence-electron chi connectivity index (χ3n) is 2.18. The average molecular weight is 256 g/mol. The summed E-state index contributed by atoms with van der Waals surface area (Å²) < 4.78 is 27.9. The lowest BCUT2D eigenvalue weighted by molar-refractivity contribution is 0.555. The molecule has 0 aliphatic carbocycles. The number of rotatable bonds is 6. The normalized spacial score (nSPS) is 12.0. The van der Waals surface area contributed by atoms with Gasteiger partial charge in [-0.15, -0.1) is 0 Å². The molecule has 1 rings (SSSR count). The molecule has 0 radical (unpaired) electrons. The first-order valence-corrected chi connectivity index (χ1v) is 7.20. The monoisotopic (exact) mass is 256 g/mol. The molecule has 2 N–H and O–H groups in total. The summed E-state index contributed by atoms with van der Waals surface area (Å²) in [6, 6.07) is 7.97. The van der Waals surface area contributed by atoms with Crippen molar-refractivity contribution >= 4 is 10.2 Å². The third-order valence-corrected chi connectivity index (χ3v) is 3.54. The fourth-order valence-electron chi connectivity index (χ4n) is 1.55. The molecule has 4 nitrogen and oxygen atoms in total. The fraction of sp³-hybridized carbons (Fsp3) is 0.500. The summed E-state index contributed by atoms with van der Waals surface area (Å²) in [5.74, 6) is 0. The van der Waals surface area contributed by atoms with E-state index in [2.05, 4.69) is 15.5 Å². The highest BCUT2D eigenvalue weighted by Gasteiger charge is 2.09. The van der Waals surface area contributed by atoms with Crippen LogP contribution in [0.1, 0.15) is 25.0 Å². The van der Waals surface area contributed by atoms with Gasteiger partial charge in [-0.3, -0.25) is 0 Å². The maximum absolute atomic E-state index is 11.5. The van der Waals surface area contributed by atoms with Crippen molar-refractivity contribution in [3.8, 4) is 0 Å². The van der Waals surface area contributed by atoms with Crippen molar-refractivity contribution in [3.63, 3.8) is 0 Å². The Morgan fingerprint density at radius 3 is 2.59 bits per heavy atom. The summed E-state index contributed by atoms with van der Waals surface area (Å²) in [6.45, 7) is 6.01. The van der Waals surface area contributed by atoms with Crippen molar-refractivity contribution in [1.82, 2.24) is 9.44 Å². The summed E-state index contributed by atoms with van der Waals surface area (Å²) in [5, 5.41) is 0. The fourth-order valence-corrected chi connectivity index (χ4v) is 2.62. The smallest absolute Gasteiger partial charge is 0.202 e. The molecule has 0 saturated carbocycles. The summed E-state index contributed by atoms with van der Waals surface area (Å²) in [6.07, 6.45) is 0.695. The van der Waals surface area contributed by atoms with Crippen LogP contribution in [0, 0.1) is 6.92 Å². The standard InChI is InChI=1S/C12H20N2O2S/c1-10(2)14-17(15,16)13-8-7-12-6-4-5-11(3)9-12/h4-6,9-10,13-14H,7-8H2,1-3H3. The Labute approximate surface area is 104 Å². The third kappa shape index (κ3) is 5.81. The molecule has 17 heavy (non-hydrogen) atoms. The van der Waals surface area contributed by atoms with E-state index in [1.165, 1.54) is 5.56 Å². The minimum atomic E-state index is -3.36. The van der Waals surface area contributed by atoms with Gasteiger partial charge in [0.15, 0.2) is 0 Å². The van der Waals surface area contributed by atoms with Gasteiger partial charge in [-0.25, -0.2) is 4.72 Å². The molecule has 1 aromatic carbocycles. The van der Waals surface area contributed by atoms with E-state index in [-0.39, 0.29) is 6.04 Å². The second kappa shape index (κ2) is 6.14. The van der Waals surface area contributed by atoms with E-state index in [9.17, 15) is 8.42 Å². The molecule has 0 atom stereocenters. The van der Waals surface area contributed by atoms with E-state index in [1.54, 1.807) is 13.8 Å².